The molecule has 0 saturated carbocycles. The number of likely N-dealkylation sites (N-methyl/N-ethyl adjacent to an activating group) is 1. The van der Waals surface area contributed by atoms with Gasteiger partial charge in [-0.05, 0) is 31.0 Å². The van der Waals surface area contributed by atoms with Gasteiger partial charge in [-0.2, -0.15) is 0 Å². The summed E-state index contributed by atoms with van der Waals surface area (Å²) in [5.41, 5.74) is 0.932. The van der Waals surface area contributed by atoms with E-state index >= 15 is 0 Å². The number of carbonyl (C=O) groups is 2. The van der Waals surface area contributed by atoms with Crippen molar-refractivity contribution < 1.29 is 19.4 Å². The summed E-state index contributed by atoms with van der Waals surface area (Å²) >= 11 is 0. The third kappa shape index (κ3) is 3.70. The number of ether oxygens (including phenoxy) is 1. The zero-order valence-corrected chi connectivity index (χ0v) is 14.6. The summed E-state index contributed by atoms with van der Waals surface area (Å²) in [5, 5.41) is 9.09. The number of methoxy groups -OCH3 is 1. The van der Waals surface area contributed by atoms with Crippen molar-refractivity contribution in [1.29, 1.82) is 0 Å². The molecule has 2 atom stereocenters. The third-order valence-corrected chi connectivity index (χ3v) is 4.63. The van der Waals surface area contributed by atoms with Gasteiger partial charge in [-0.15, -0.1) is 0 Å². The van der Waals surface area contributed by atoms with E-state index in [-0.39, 0.29) is 30.4 Å². The first-order valence-corrected chi connectivity index (χ1v) is 8.32. The van der Waals surface area contributed by atoms with E-state index in [2.05, 4.69) is 0 Å². The number of nitrogens with zero attached hydrogens (tertiary/aromatic N) is 2. The molecule has 1 aromatic carbocycles. The maximum absolute atomic E-state index is 12.8. The van der Waals surface area contributed by atoms with Gasteiger partial charge in [0.05, 0.1) is 25.7 Å². The molecular weight excluding hydrogens is 308 g/mol. The first-order valence-electron chi connectivity index (χ1n) is 8.32. The molecule has 1 saturated heterocycles. The molecule has 2 rings (SSSR count). The van der Waals surface area contributed by atoms with Crippen molar-refractivity contribution in [1.82, 2.24) is 9.80 Å². The number of aliphatic hydroxyl groups is 1. The third-order valence-electron chi connectivity index (χ3n) is 4.63. The van der Waals surface area contributed by atoms with E-state index in [1.54, 1.807) is 24.0 Å². The molecule has 6 nitrogen and oxygen atoms in total. The molecule has 24 heavy (non-hydrogen) atoms. The summed E-state index contributed by atoms with van der Waals surface area (Å²) in [6.07, 6.45) is 0.907. The molecule has 1 heterocycles. The lowest BCUT2D eigenvalue weighted by Gasteiger charge is -2.41. The zero-order chi connectivity index (χ0) is 17.7. The monoisotopic (exact) mass is 334 g/mol. The Kier molecular flexibility index (Phi) is 6.20. The largest absolute Gasteiger partial charge is 0.497 e. The molecule has 1 N–H and O–H groups in total. The minimum Gasteiger partial charge on any atom is -0.497 e. The smallest absolute Gasteiger partial charge is 0.227 e. The molecule has 1 aliphatic rings. The lowest BCUT2D eigenvalue weighted by Crippen LogP contribution is -2.48. The number of aliphatic hydroxyl groups excluding tert-OH is 1. The number of hydrogen-bond donors (Lipinski definition) is 1. The summed E-state index contributed by atoms with van der Waals surface area (Å²) in [6.45, 7) is 2.71. The van der Waals surface area contributed by atoms with Crippen molar-refractivity contribution >= 4 is 11.8 Å². The first-order chi connectivity index (χ1) is 11.5. The number of likely N-dealkylation sites (tertiary alicyclic amines) is 1. The van der Waals surface area contributed by atoms with Gasteiger partial charge in [0.1, 0.15) is 5.75 Å². The molecular formula is C18H26N2O4. The van der Waals surface area contributed by atoms with E-state index in [0.29, 0.717) is 25.9 Å². The van der Waals surface area contributed by atoms with E-state index in [0.717, 1.165) is 11.3 Å². The maximum atomic E-state index is 12.8. The fourth-order valence-corrected chi connectivity index (χ4v) is 3.34. The Labute approximate surface area is 143 Å². The summed E-state index contributed by atoms with van der Waals surface area (Å²) in [6, 6.07) is 7.24. The topological polar surface area (TPSA) is 70.1 Å². The molecule has 0 unspecified atom stereocenters. The second kappa shape index (κ2) is 8.15. The highest BCUT2D eigenvalue weighted by Crippen LogP contribution is 2.38. The van der Waals surface area contributed by atoms with E-state index in [4.69, 9.17) is 9.84 Å². The van der Waals surface area contributed by atoms with Gasteiger partial charge in [0.2, 0.25) is 11.8 Å². The van der Waals surface area contributed by atoms with Gasteiger partial charge in [-0.25, -0.2) is 0 Å². The number of carbonyl (C=O) groups excluding carboxylic acids is 2. The molecule has 0 radical (unpaired) electrons. The van der Waals surface area contributed by atoms with Gasteiger partial charge < -0.3 is 19.6 Å². The second-order valence-electron chi connectivity index (χ2n) is 6.03. The predicted molar refractivity (Wildman–Crippen MR) is 90.6 cm³/mol. The Balaban J connectivity index is 2.35. The average molecular weight is 334 g/mol. The van der Waals surface area contributed by atoms with Crippen LogP contribution in [0.25, 0.3) is 0 Å². The summed E-state index contributed by atoms with van der Waals surface area (Å²) < 4.78 is 5.19. The van der Waals surface area contributed by atoms with Crippen molar-refractivity contribution in [2.45, 2.75) is 25.8 Å². The van der Waals surface area contributed by atoms with Crippen molar-refractivity contribution in [3.8, 4) is 5.75 Å². The Hall–Kier alpha value is -2.08. The van der Waals surface area contributed by atoms with Crippen LogP contribution < -0.4 is 4.74 Å². The maximum Gasteiger partial charge on any atom is 0.227 e. The van der Waals surface area contributed by atoms with E-state index < -0.39 is 0 Å². The van der Waals surface area contributed by atoms with Crippen LogP contribution in [0.3, 0.4) is 0 Å². The molecule has 0 spiro atoms. The van der Waals surface area contributed by atoms with Crippen LogP contribution in [0.15, 0.2) is 24.3 Å². The molecule has 0 bridgehead atoms. The number of benzene rings is 1. The minimum atomic E-state index is -0.299. The van der Waals surface area contributed by atoms with Gasteiger partial charge in [0, 0.05) is 26.6 Å². The highest BCUT2D eigenvalue weighted by molar-refractivity contribution is 5.85. The minimum absolute atomic E-state index is 0.0316. The molecule has 132 valence electrons. The molecule has 1 fully saturated rings. The van der Waals surface area contributed by atoms with E-state index in [1.165, 1.54) is 0 Å². The van der Waals surface area contributed by atoms with Crippen LogP contribution >= 0.6 is 0 Å². The summed E-state index contributed by atoms with van der Waals surface area (Å²) in [7, 11) is 3.30. The lowest BCUT2D eigenvalue weighted by atomic mass is 9.83. The van der Waals surface area contributed by atoms with Crippen molar-refractivity contribution in [3.63, 3.8) is 0 Å². The number of hydrogen-bond acceptors (Lipinski definition) is 4. The normalized spacial score (nSPS) is 20.8. The highest BCUT2D eigenvalue weighted by atomic mass is 16.5. The Morgan fingerprint density at radius 1 is 1.38 bits per heavy atom. The lowest BCUT2D eigenvalue weighted by molar-refractivity contribution is -0.147. The van der Waals surface area contributed by atoms with Crippen LogP contribution in [0.4, 0.5) is 0 Å². The fraction of sp³-hybridized carbons (Fsp3) is 0.556. The Morgan fingerprint density at radius 3 is 2.58 bits per heavy atom. The first kappa shape index (κ1) is 18.3. The molecule has 6 heteroatoms. The van der Waals surface area contributed by atoms with Crippen LogP contribution in [-0.4, -0.2) is 60.6 Å². The van der Waals surface area contributed by atoms with Gasteiger partial charge in [-0.1, -0.05) is 12.1 Å². The average Bonchev–Trinajstić information content (AvgIpc) is 2.61. The fourth-order valence-electron chi connectivity index (χ4n) is 3.34. The van der Waals surface area contributed by atoms with Gasteiger partial charge >= 0.3 is 0 Å². The summed E-state index contributed by atoms with van der Waals surface area (Å²) in [4.78, 5) is 28.5. The second-order valence-corrected chi connectivity index (χ2v) is 6.03. The standard InChI is InChI=1S/C18H26N2O4/c1-4-20-16(22)10-9-15(18(23)19(2)11-12-21)17(20)13-5-7-14(24-3)8-6-13/h5-8,15,17,21H,4,9-12H2,1-3H3/t15-,17+/m1/s1. The Morgan fingerprint density at radius 2 is 2.04 bits per heavy atom. The quantitative estimate of drug-likeness (QED) is 0.855. The van der Waals surface area contributed by atoms with Crippen LogP contribution in [0.5, 0.6) is 5.75 Å². The van der Waals surface area contributed by atoms with Crippen molar-refractivity contribution in [2.75, 3.05) is 33.9 Å². The Bertz CT molecular complexity index is 573. The van der Waals surface area contributed by atoms with E-state index in [1.807, 2.05) is 31.2 Å². The van der Waals surface area contributed by atoms with Crippen LogP contribution in [0, 0.1) is 5.92 Å². The van der Waals surface area contributed by atoms with Gasteiger partial charge in [0.25, 0.3) is 0 Å². The van der Waals surface area contributed by atoms with Crippen molar-refractivity contribution in [3.05, 3.63) is 29.8 Å². The van der Waals surface area contributed by atoms with Crippen LogP contribution in [0.2, 0.25) is 0 Å². The predicted octanol–water partition coefficient (Wildman–Crippen LogP) is 1.45. The SMILES string of the molecule is CCN1C(=O)CC[C@@H](C(=O)N(C)CCO)[C@@H]1c1ccc(OC)cc1. The van der Waals surface area contributed by atoms with Crippen LogP contribution in [0.1, 0.15) is 31.4 Å². The molecule has 2 amide bonds. The molecule has 0 aromatic heterocycles. The number of piperidine rings is 1. The zero-order valence-electron chi connectivity index (χ0n) is 14.6. The molecule has 1 aromatic rings. The van der Waals surface area contributed by atoms with Gasteiger partial charge in [0.15, 0.2) is 0 Å². The highest BCUT2D eigenvalue weighted by Gasteiger charge is 2.40. The molecule has 1 aliphatic heterocycles. The van der Waals surface area contributed by atoms with E-state index in [9.17, 15) is 9.59 Å². The molecule has 0 aliphatic carbocycles. The number of amides is 2. The van der Waals surface area contributed by atoms with Crippen LogP contribution in [-0.2, 0) is 9.59 Å². The van der Waals surface area contributed by atoms with Crippen molar-refractivity contribution in [2.24, 2.45) is 5.92 Å². The summed E-state index contributed by atoms with van der Waals surface area (Å²) in [5.74, 6) is 0.486. The number of rotatable bonds is 6. The van der Waals surface area contributed by atoms with Gasteiger partial charge in [-0.3, -0.25) is 9.59 Å².